The van der Waals surface area contributed by atoms with E-state index in [4.69, 9.17) is 0 Å². The number of fused-ring (bicyclic) bond motifs is 3. The molecule has 1 fully saturated rings. The van der Waals surface area contributed by atoms with E-state index in [9.17, 15) is 9.59 Å². The molecule has 2 aromatic heterocycles. The Labute approximate surface area is 187 Å². The van der Waals surface area contributed by atoms with Crippen molar-refractivity contribution >= 4 is 34.6 Å². The number of aromatic nitrogens is 2. The molecule has 0 spiro atoms. The molecule has 7 nitrogen and oxygen atoms in total. The van der Waals surface area contributed by atoms with E-state index in [-0.39, 0.29) is 23.9 Å². The van der Waals surface area contributed by atoms with E-state index in [2.05, 4.69) is 32.3 Å². The number of benzene rings is 1. The van der Waals surface area contributed by atoms with Crippen LogP contribution in [0.2, 0.25) is 0 Å². The zero-order chi connectivity index (χ0) is 22.2. The highest BCUT2D eigenvalue weighted by molar-refractivity contribution is 5.96. The van der Waals surface area contributed by atoms with Crippen molar-refractivity contribution in [1.29, 1.82) is 0 Å². The molecule has 2 atom stereocenters. The van der Waals surface area contributed by atoms with Gasteiger partial charge in [-0.3, -0.25) is 14.5 Å². The zero-order valence-electron chi connectivity index (χ0n) is 18.3. The smallest absolute Gasteiger partial charge is 0.246 e. The number of hydrogen-bond donors (Lipinski definition) is 2. The third-order valence-corrected chi connectivity index (χ3v) is 6.62. The van der Waals surface area contributed by atoms with Crippen molar-refractivity contribution < 1.29 is 9.59 Å². The first-order valence-electron chi connectivity index (χ1n) is 11.1. The molecule has 1 unspecified atom stereocenters. The average Bonchev–Trinajstić information content (AvgIpc) is 3.42. The zero-order valence-corrected chi connectivity index (χ0v) is 18.3. The molecule has 0 saturated carbocycles. The second kappa shape index (κ2) is 8.24. The molecule has 4 heterocycles. The van der Waals surface area contributed by atoms with Crippen LogP contribution in [0.5, 0.6) is 0 Å². The van der Waals surface area contributed by atoms with Crippen molar-refractivity contribution in [1.82, 2.24) is 19.8 Å². The first-order valence-corrected chi connectivity index (χ1v) is 11.1. The molecule has 0 radical (unpaired) electrons. The molecule has 2 amide bonds. The van der Waals surface area contributed by atoms with Gasteiger partial charge in [-0.25, -0.2) is 4.98 Å². The van der Waals surface area contributed by atoms with E-state index in [1.165, 1.54) is 0 Å². The number of pyridine rings is 1. The van der Waals surface area contributed by atoms with E-state index in [1.54, 1.807) is 30.3 Å². The Morgan fingerprint density at radius 2 is 2.16 bits per heavy atom. The lowest BCUT2D eigenvalue weighted by Gasteiger charge is -2.22. The van der Waals surface area contributed by atoms with Gasteiger partial charge < -0.3 is 15.2 Å². The quantitative estimate of drug-likeness (QED) is 0.620. The third-order valence-electron chi connectivity index (χ3n) is 6.62. The van der Waals surface area contributed by atoms with Crippen LogP contribution in [0.3, 0.4) is 0 Å². The number of nitrogens with one attached hydrogen (secondary N) is 2. The van der Waals surface area contributed by atoms with Gasteiger partial charge in [-0.05, 0) is 61.5 Å². The van der Waals surface area contributed by atoms with Gasteiger partial charge >= 0.3 is 0 Å². The van der Waals surface area contributed by atoms with Crippen molar-refractivity contribution in [2.75, 3.05) is 18.9 Å². The van der Waals surface area contributed by atoms with Gasteiger partial charge in [0.25, 0.3) is 0 Å². The van der Waals surface area contributed by atoms with Crippen LogP contribution >= 0.6 is 0 Å². The molecule has 5 rings (SSSR count). The Morgan fingerprint density at radius 1 is 1.31 bits per heavy atom. The fourth-order valence-electron chi connectivity index (χ4n) is 4.59. The SMILES string of the molecule is CC(c1cc2ccccc2[nH]1)N(C)C(=O)/C=C/c1cnc2c(c1)CN1CCC[C@H]1C(=O)N2. The van der Waals surface area contributed by atoms with Crippen molar-refractivity contribution in [3.63, 3.8) is 0 Å². The molecular weight excluding hydrogens is 402 g/mol. The molecule has 1 saturated heterocycles. The predicted octanol–water partition coefficient (Wildman–Crippen LogP) is 3.71. The molecular formula is C25H27N5O2. The van der Waals surface area contributed by atoms with E-state index >= 15 is 0 Å². The van der Waals surface area contributed by atoms with Crippen molar-refractivity contribution in [2.24, 2.45) is 0 Å². The molecule has 2 N–H and O–H groups in total. The summed E-state index contributed by atoms with van der Waals surface area (Å²) in [7, 11) is 1.81. The largest absolute Gasteiger partial charge is 0.357 e. The number of H-pyrrole nitrogens is 1. The summed E-state index contributed by atoms with van der Waals surface area (Å²) >= 11 is 0. The number of amides is 2. The minimum Gasteiger partial charge on any atom is -0.357 e. The van der Waals surface area contributed by atoms with Crippen LogP contribution in [0, 0.1) is 0 Å². The van der Waals surface area contributed by atoms with Crippen LogP contribution in [0.15, 0.2) is 48.7 Å². The van der Waals surface area contributed by atoms with Gasteiger partial charge in [0, 0.05) is 42.6 Å². The lowest BCUT2D eigenvalue weighted by molar-refractivity contribution is -0.126. The first-order chi connectivity index (χ1) is 15.5. The van der Waals surface area contributed by atoms with Crippen LogP contribution in [-0.2, 0) is 16.1 Å². The number of rotatable bonds is 4. The minimum absolute atomic E-state index is 0.0276. The van der Waals surface area contributed by atoms with Gasteiger partial charge in [0.05, 0.1) is 12.1 Å². The van der Waals surface area contributed by atoms with Gasteiger partial charge in [-0.1, -0.05) is 18.2 Å². The Balaban J connectivity index is 1.30. The van der Waals surface area contributed by atoms with Crippen LogP contribution in [0.25, 0.3) is 17.0 Å². The normalized spacial score (nSPS) is 19.4. The van der Waals surface area contributed by atoms with E-state index in [1.807, 2.05) is 31.2 Å². The number of para-hydroxylation sites is 1. The first kappa shape index (κ1) is 20.5. The van der Waals surface area contributed by atoms with Gasteiger partial charge in [0.2, 0.25) is 11.8 Å². The standard InChI is InChI=1S/C25H27N5O2/c1-16(21-13-18-6-3-4-7-20(18)27-21)29(2)23(31)10-9-17-12-19-15-30-11-5-8-22(30)25(32)28-24(19)26-14-17/h3-4,6-7,9-10,12-14,16,22,27H,5,8,11,15H2,1-2H3,(H,26,28,32)/b10-9+/t16?,22-/m0/s1. The topological polar surface area (TPSA) is 81.3 Å². The Bertz CT molecular complexity index is 1180. The molecule has 2 aliphatic rings. The maximum absolute atomic E-state index is 12.8. The Hall–Kier alpha value is -3.45. The lowest BCUT2D eigenvalue weighted by atomic mass is 10.1. The second-order valence-electron chi connectivity index (χ2n) is 8.66. The number of carbonyl (C=O) groups is 2. The molecule has 0 bridgehead atoms. The highest BCUT2D eigenvalue weighted by atomic mass is 16.2. The van der Waals surface area contributed by atoms with Gasteiger partial charge in [-0.2, -0.15) is 0 Å². The molecule has 164 valence electrons. The fraction of sp³-hybridized carbons (Fsp3) is 0.320. The van der Waals surface area contributed by atoms with Crippen LogP contribution in [0.1, 0.15) is 42.6 Å². The molecule has 32 heavy (non-hydrogen) atoms. The van der Waals surface area contributed by atoms with Crippen LogP contribution < -0.4 is 5.32 Å². The summed E-state index contributed by atoms with van der Waals surface area (Å²) in [4.78, 5) is 37.0. The van der Waals surface area contributed by atoms with Crippen LogP contribution in [-0.4, -0.2) is 51.2 Å². The van der Waals surface area contributed by atoms with E-state index < -0.39 is 0 Å². The van der Waals surface area contributed by atoms with Crippen molar-refractivity contribution in [2.45, 2.75) is 38.4 Å². The Morgan fingerprint density at radius 3 is 3.00 bits per heavy atom. The summed E-state index contributed by atoms with van der Waals surface area (Å²) in [5.41, 5.74) is 3.89. The minimum atomic E-state index is -0.0907. The van der Waals surface area contributed by atoms with Crippen molar-refractivity contribution in [3.05, 3.63) is 65.5 Å². The molecule has 0 aliphatic carbocycles. The predicted molar refractivity (Wildman–Crippen MR) is 125 cm³/mol. The highest BCUT2D eigenvalue weighted by Gasteiger charge is 2.34. The number of carbonyl (C=O) groups excluding carboxylic acids is 2. The molecule has 3 aromatic rings. The lowest BCUT2D eigenvalue weighted by Crippen LogP contribution is -2.36. The summed E-state index contributed by atoms with van der Waals surface area (Å²) in [6, 6.07) is 12.0. The van der Waals surface area contributed by atoms with Gasteiger partial charge in [-0.15, -0.1) is 0 Å². The number of nitrogens with zero attached hydrogens (tertiary/aromatic N) is 3. The Kier molecular flexibility index (Phi) is 5.27. The van der Waals surface area contributed by atoms with Gasteiger partial charge in [0.15, 0.2) is 0 Å². The highest BCUT2D eigenvalue weighted by Crippen LogP contribution is 2.28. The number of likely N-dealkylation sites (N-methyl/N-ethyl adjacent to an activating group) is 1. The summed E-state index contributed by atoms with van der Waals surface area (Å²) in [6.45, 7) is 3.63. The molecule has 2 aliphatic heterocycles. The average molecular weight is 430 g/mol. The van der Waals surface area contributed by atoms with Crippen molar-refractivity contribution in [3.8, 4) is 0 Å². The monoisotopic (exact) mass is 429 g/mol. The fourth-order valence-corrected chi connectivity index (χ4v) is 4.59. The maximum atomic E-state index is 12.8. The number of aromatic amines is 1. The summed E-state index contributed by atoms with van der Waals surface area (Å²) in [5.74, 6) is 0.566. The van der Waals surface area contributed by atoms with Gasteiger partial charge in [0.1, 0.15) is 5.82 Å². The van der Waals surface area contributed by atoms with E-state index in [0.717, 1.165) is 47.1 Å². The third kappa shape index (κ3) is 3.80. The summed E-state index contributed by atoms with van der Waals surface area (Å²) in [5, 5.41) is 4.09. The summed E-state index contributed by atoms with van der Waals surface area (Å²) < 4.78 is 0. The van der Waals surface area contributed by atoms with Crippen LogP contribution in [0.4, 0.5) is 5.82 Å². The summed E-state index contributed by atoms with van der Waals surface area (Å²) in [6.07, 6.45) is 6.99. The number of anilines is 1. The second-order valence-corrected chi connectivity index (χ2v) is 8.66. The molecule has 7 heteroatoms. The maximum Gasteiger partial charge on any atom is 0.246 e. The van der Waals surface area contributed by atoms with E-state index in [0.29, 0.717) is 12.4 Å². The number of hydrogen-bond acceptors (Lipinski definition) is 4. The molecule has 1 aromatic carbocycles.